The summed E-state index contributed by atoms with van der Waals surface area (Å²) in [5.41, 5.74) is 0. The molecule has 1 rings (SSSR count). The quantitative estimate of drug-likeness (QED) is 0.680. The number of nitrogens with zero attached hydrogens (tertiary/aromatic N) is 1. The zero-order chi connectivity index (χ0) is 9.52. The van der Waals surface area contributed by atoms with E-state index in [-0.39, 0.29) is 0 Å². The summed E-state index contributed by atoms with van der Waals surface area (Å²) >= 11 is 0. The van der Waals surface area contributed by atoms with Crippen molar-refractivity contribution in [3.63, 3.8) is 0 Å². The second-order valence-electron chi connectivity index (χ2n) is 3.71. The summed E-state index contributed by atoms with van der Waals surface area (Å²) in [7, 11) is 0. The van der Waals surface area contributed by atoms with Crippen LogP contribution in [-0.4, -0.2) is 25.2 Å². The zero-order valence-electron chi connectivity index (χ0n) is 8.34. The first kappa shape index (κ1) is 10.5. The molecule has 74 valence electrons. The van der Waals surface area contributed by atoms with Crippen molar-refractivity contribution < 1.29 is 0 Å². The lowest BCUT2D eigenvalue weighted by Crippen LogP contribution is -2.54. The Labute approximate surface area is 80.5 Å². The summed E-state index contributed by atoms with van der Waals surface area (Å²) < 4.78 is 0. The Morgan fingerprint density at radius 2 is 2.00 bits per heavy atom. The first-order chi connectivity index (χ1) is 6.36. The molecule has 1 saturated heterocycles. The van der Waals surface area contributed by atoms with Gasteiger partial charge in [-0.25, -0.2) is 0 Å². The van der Waals surface area contributed by atoms with Crippen molar-refractivity contribution in [1.29, 1.82) is 5.26 Å². The van der Waals surface area contributed by atoms with Gasteiger partial charge in [-0.2, -0.15) is 5.26 Å². The molecule has 0 aromatic rings. The second-order valence-corrected chi connectivity index (χ2v) is 3.71. The van der Waals surface area contributed by atoms with E-state index in [4.69, 9.17) is 5.26 Å². The summed E-state index contributed by atoms with van der Waals surface area (Å²) in [6.45, 7) is 4.18. The van der Waals surface area contributed by atoms with E-state index in [9.17, 15) is 0 Å². The second kappa shape index (κ2) is 5.95. The number of nitriles is 1. The van der Waals surface area contributed by atoms with E-state index in [2.05, 4.69) is 23.6 Å². The Bertz CT molecular complexity index is 165. The molecule has 1 aliphatic rings. The molecule has 0 aliphatic carbocycles. The van der Waals surface area contributed by atoms with Gasteiger partial charge in [-0.05, 0) is 6.42 Å². The summed E-state index contributed by atoms with van der Waals surface area (Å²) in [5, 5.41) is 15.4. The van der Waals surface area contributed by atoms with Crippen LogP contribution in [0.4, 0.5) is 0 Å². The van der Waals surface area contributed by atoms with Crippen molar-refractivity contribution in [3.8, 4) is 6.07 Å². The van der Waals surface area contributed by atoms with Crippen molar-refractivity contribution in [2.45, 2.75) is 44.7 Å². The van der Waals surface area contributed by atoms with Crippen molar-refractivity contribution >= 4 is 0 Å². The average molecular weight is 181 g/mol. The molecule has 0 spiro atoms. The first-order valence-corrected chi connectivity index (χ1v) is 5.20. The van der Waals surface area contributed by atoms with Crippen molar-refractivity contribution in [3.05, 3.63) is 0 Å². The number of hydrogen-bond donors (Lipinski definition) is 2. The molecule has 1 aliphatic heterocycles. The minimum absolute atomic E-state index is 0.364. The summed E-state index contributed by atoms with van der Waals surface area (Å²) in [6.07, 6.45) is 4.43. The Kier molecular flexibility index (Phi) is 4.81. The summed E-state index contributed by atoms with van der Waals surface area (Å²) in [5.74, 6) is 0. The fraction of sp³-hybridized carbons (Fsp3) is 0.900. The van der Waals surface area contributed by atoms with Crippen molar-refractivity contribution in [2.75, 3.05) is 13.1 Å². The summed E-state index contributed by atoms with van der Waals surface area (Å²) in [4.78, 5) is 0. The van der Waals surface area contributed by atoms with Crippen molar-refractivity contribution in [2.24, 2.45) is 0 Å². The van der Waals surface area contributed by atoms with Gasteiger partial charge in [0.25, 0.3) is 0 Å². The normalized spacial score (nSPS) is 28.3. The molecule has 13 heavy (non-hydrogen) atoms. The summed E-state index contributed by atoms with van der Waals surface area (Å²) in [6, 6.07) is 3.18. The number of nitrogens with one attached hydrogen (secondary N) is 2. The standard InChI is InChI=1S/C10H19N3/c1-2-3-4-9-7-13-10(5-6-11)8-12-9/h9-10,12-13H,2-5,7-8H2,1H3/t9-,10+/m0/s1. The Hall–Kier alpha value is -0.590. The highest BCUT2D eigenvalue weighted by Crippen LogP contribution is 2.04. The first-order valence-electron chi connectivity index (χ1n) is 5.20. The number of piperazine rings is 1. The lowest BCUT2D eigenvalue weighted by molar-refractivity contribution is 0.331. The molecule has 2 N–H and O–H groups in total. The van der Waals surface area contributed by atoms with E-state index < -0.39 is 0 Å². The third-order valence-corrected chi connectivity index (χ3v) is 2.55. The van der Waals surface area contributed by atoms with Gasteiger partial charge in [0.05, 0.1) is 12.5 Å². The van der Waals surface area contributed by atoms with Gasteiger partial charge < -0.3 is 10.6 Å². The van der Waals surface area contributed by atoms with Crippen LogP contribution >= 0.6 is 0 Å². The number of hydrogen-bond acceptors (Lipinski definition) is 3. The lowest BCUT2D eigenvalue weighted by Gasteiger charge is -2.30. The van der Waals surface area contributed by atoms with Crippen LogP contribution in [0.15, 0.2) is 0 Å². The fourth-order valence-corrected chi connectivity index (χ4v) is 1.67. The molecule has 0 bridgehead atoms. The van der Waals surface area contributed by atoms with E-state index in [1.54, 1.807) is 0 Å². The highest BCUT2D eigenvalue weighted by Gasteiger charge is 2.18. The average Bonchev–Trinajstić information content (AvgIpc) is 2.17. The van der Waals surface area contributed by atoms with Crippen LogP contribution in [0.3, 0.4) is 0 Å². The Morgan fingerprint density at radius 3 is 2.54 bits per heavy atom. The molecular formula is C10H19N3. The monoisotopic (exact) mass is 181 g/mol. The molecule has 3 nitrogen and oxygen atoms in total. The van der Waals surface area contributed by atoms with Crippen LogP contribution in [0.25, 0.3) is 0 Å². The Balaban J connectivity index is 2.12. The number of rotatable bonds is 4. The fourth-order valence-electron chi connectivity index (χ4n) is 1.67. The van der Waals surface area contributed by atoms with Crippen LogP contribution in [0, 0.1) is 11.3 Å². The molecule has 1 heterocycles. The smallest absolute Gasteiger partial charge is 0.0638 e. The van der Waals surface area contributed by atoms with Gasteiger partial charge >= 0.3 is 0 Å². The van der Waals surface area contributed by atoms with Crippen LogP contribution < -0.4 is 10.6 Å². The van der Waals surface area contributed by atoms with Crippen LogP contribution in [0.5, 0.6) is 0 Å². The van der Waals surface area contributed by atoms with Gasteiger partial charge in [-0.3, -0.25) is 0 Å². The maximum absolute atomic E-state index is 8.51. The predicted octanol–water partition coefficient (Wildman–Crippen LogP) is 1.02. The maximum Gasteiger partial charge on any atom is 0.0638 e. The van der Waals surface area contributed by atoms with Crippen molar-refractivity contribution in [1.82, 2.24) is 10.6 Å². The molecule has 3 heteroatoms. The molecule has 0 aromatic heterocycles. The molecule has 1 fully saturated rings. The maximum atomic E-state index is 8.51. The van der Waals surface area contributed by atoms with E-state index in [0.29, 0.717) is 18.5 Å². The molecule has 0 amide bonds. The predicted molar refractivity (Wildman–Crippen MR) is 53.3 cm³/mol. The van der Waals surface area contributed by atoms with Crippen LogP contribution in [0.2, 0.25) is 0 Å². The molecule has 0 saturated carbocycles. The Morgan fingerprint density at radius 1 is 1.31 bits per heavy atom. The molecule has 0 radical (unpaired) electrons. The van der Waals surface area contributed by atoms with Gasteiger partial charge in [-0.15, -0.1) is 0 Å². The lowest BCUT2D eigenvalue weighted by atomic mass is 10.1. The largest absolute Gasteiger partial charge is 0.311 e. The van der Waals surface area contributed by atoms with Gasteiger partial charge in [0, 0.05) is 25.2 Å². The third-order valence-electron chi connectivity index (χ3n) is 2.55. The van der Waals surface area contributed by atoms with E-state index in [1.807, 2.05) is 0 Å². The van der Waals surface area contributed by atoms with Gasteiger partial charge in [0.15, 0.2) is 0 Å². The van der Waals surface area contributed by atoms with Gasteiger partial charge in [-0.1, -0.05) is 19.8 Å². The minimum Gasteiger partial charge on any atom is -0.311 e. The van der Waals surface area contributed by atoms with E-state index in [1.165, 1.54) is 19.3 Å². The zero-order valence-corrected chi connectivity index (χ0v) is 8.34. The minimum atomic E-state index is 0.364. The molecular weight excluding hydrogens is 162 g/mol. The number of unbranched alkanes of at least 4 members (excludes halogenated alkanes) is 1. The van der Waals surface area contributed by atoms with Gasteiger partial charge in [0.1, 0.15) is 0 Å². The highest BCUT2D eigenvalue weighted by molar-refractivity contribution is 4.88. The van der Waals surface area contributed by atoms with E-state index >= 15 is 0 Å². The molecule has 0 unspecified atom stereocenters. The van der Waals surface area contributed by atoms with Gasteiger partial charge in [0.2, 0.25) is 0 Å². The molecule has 2 atom stereocenters. The highest BCUT2D eigenvalue weighted by atomic mass is 15.1. The van der Waals surface area contributed by atoms with Crippen LogP contribution in [-0.2, 0) is 0 Å². The topological polar surface area (TPSA) is 47.9 Å². The molecule has 0 aromatic carbocycles. The SMILES string of the molecule is CCCC[C@H]1CN[C@H](CC#N)CN1. The third kappa shape index (κ3) is 3.75. The van der Waals surface area contributed by atoms with Crippen LogP contribution in [0.1, 0.15) is 32.6 Å². The van der Waals surface area contributed by atoms with E-state index in [0.717, 1.165) is 13.1 Å².